The van der Waals surface area contributed by atoms with Crippen LogP contribution in [-0.2, 0) is 11.2 Å². The number of nitrogens with zero attached hydrogens (tertiary/aromatic N) is 6. The van der Waals surface area contributed by atoms with Gasteiger partial charge in [-0.25, -0.2) is 9.59 Å². The van der Waals surface area contributed by atoms with Crippen LogP contribution < -0.4 is 15.0 Å². The van der Waals surface area contributed by atoms with Gasteiger partial charge in [0, 0.05) is 39.8 Å². The molecule has 12 heteroatoms. The van der Waals surface area contributed by atoms with Gasteiger partial charge in [-0.3, -0.25) is 0 Å². The van der Waals surface area contributed by atoms with Gasteiger partial charge < -0.3 is 29.9 Å². The Kier molecular flexibility index (Phi) is 12.2. The van der Waals surface area contributed by atoms with E-state index in [1.165, 1.54) is 4.90 Å². The summed E-state index contributed by atoms with van der Waals surface area (Å²) in [6, 6.07) is 5.64. The molecule has 0 saturated heterocycles. The van der Waals surface area contributed by atoms with E-state index in [2.05, 4.69) is 50.0 Å². The number of carbonyl (C=O) groups is 2. The highest BCUT2D eigenvalue weighted by atomic mass is 35.5. The minimum absolute atomic E-state index is 0.0191. The van der Waals surface area contributed by atoms with Gasteiger partial charge in [0.15, 0.2) is 0 Å². The van der Waals surface area contributed by atoms with Crippen molar-refractivity contribution in [3.63, 3.8) is 0 Å². The highest BCUT2D eigenvalue weighted by molar-refractivity contribution is 6.28. The number of rotatable bonds is 15. The van der Waals surface area contributed by atoms with E-state index in [1.54, 1.807) is 38.4 Å². The second kappa shape index (κ2) is 15.8. The highest BCUT2D eigenvalue weighted by Crippen LogP contribution is 2.22. The first-order valence-electron chi connectivity index (χ1n) is 13.9. The molecule has 0 radical (unpaired) electrons. The summed E-state index contributed by atoms with van der Waals surface area (Å²) in [6.45, 7) is 6.42. The summed E-state index contributed by atoms with van der Waals surface area (Å²) in [5, 5.41) is 12.9. The number of aromatic nitrogens is 3. The molecule has 1 amide bonds. The minimum Gasteiger partial charge on any atom is -0.480 e. The van der Waals surface area contributed by atoms with Gasteiger partial charge in [0.2, 0.25) is 17.2 Å². The summed E-state index contributed by atoms with van der Waals surface area (Å²) >= 11 is 6.34. The molecular formula is C29H40ClN7O4. The normalized spacial score (nSPS) is 13.9. The predicted octanol–water partition coefficient (Wildman–Crippen LogP) is 5.06. The molecular weight excluding hydrogens is 546 g/mol. The fourth-order valence-corrected chi connectivity index (χ4v) is 4.44. The predicted molar refractivity (Wildman–Crippen MR) is 160 cm³/mol. The fourth-order valence-electron chi connectivity index (χ4n) is 4.29. The molecule has 0 fully saturated rings. The molecule has 0 spiro atoms. The molecule has 41 heavy (non-hydrogen) atoms. The Balaban J connectivity index is 1.79. The quantitative estimate of drug-likeness (QED) is 0.293. The number of benzene rings is 1. The third-order valence-corrected chi connectivity index (χ3v) is 6.84. The van der Waals surface area contributed by atoms with Crippen LogP contribution in [0.2, 0.25) is 5.28 Å². The maximum absolute atomic E-state index is 12.2. The van der Waals surface area contributed by atoms with Gasteiger partial charge in [0.25, 0.3) is 0 Å². The number of carbonyl (C=O) groups excluding carboxylic acids is 1. The first-order valence-corrected chi connectivity index (χ1v) is 14.3. The van der Waals surface area contributed by atoms with Gasteiger partial charge in [-0.15, -0.1) is 0 Å². The van der Waals surface area contributed by atoms with Crippen LogP contribution in [0.5, 0.6) is 5.75 Å². The smallest absolute Gasteiger partial charge is 0.414 e. The van der Waals surface area contributed by atoms with Crippen LogP contribution in [0.1, 0.15) is 45.1 Å². The molecule has 1 aliphatic heterocycles. The first kappa shape index (κ1) is 31.7. The van der Waals surface area contributed by atoms with Crippen LogP contribution in [0.25, 0.3) is 0 Å². The van der Waals surface area contributed by atoms with Crippen molar-refractivity contribution in [2.24, 2.45) is 5.92 Å². The van der Waals surface area contributed by atoms with Crippen molar-refractivity contribution in [3.8, 4) is 5.75 Å². The van der Waals surface area contributed by atoms with E-state index >= 15 is 0 Å². The van der Waals surface area contributed by atoms with Crippen molar-refractivity contribution < 1.29 is 19.4 Å². The van der Waals surface area contributed by atoms with Crippen LogP contribution in [0, 0.1) is 5.92 Å². The molecule has 2 N–H and O–H groups in total. The standard InChI is InChI=1S/C29H40ClN7O4/c1-5-7-11-21(6-2)19-37(20-36-16-9-8-10-17-36)28-33-26(30)32-27(34-28)31-24(25(38)39)18-22-12-14-23(15-13-22)41-29(40)35(3)4/h8-10,12-16,21,24H,5-7,11,17-20H2,1-4H3,(H,38,39)(H,31,32,33,34)/t21?,24-/m0/s1. The lowest BCUT2D eigenvalue weighted by Crippen LogP contribution is -2.40. The number of nitrogens with one attached hydrogen (secondary N) is 1. The van der Waals surface area contributed by atoms with Crippen molar-refractivity contribution in [2.45, 2.75) is 52.0 Å². The summed E-state index contributed by atoms with van der Waals surface area (Å²) < 4.78 is 5.24. The topological polar surface area (TPSA) is 124 Å². The Morgan fingerprint density at radius 1 is 1.15 bits per heavy atom. The monoisotopic (exact) mass is 585 g/mol. The van der Waals surface area contributed by atoms with Crippen molar-refractivity contribution in [1.82, 2.24) is 24.8 Å². The molecule has 1 aromatic heterocycles. The average molecular weight is 586 g/mol. The third kappa shape index (κ3) is 10.2. The van der Waals surface area contributed by atoms with Crippen LogP contribution >= 0.6 is 11.6 Å². The minimum atomic E-state index is -1.07. The fraction of sp³-hybridized carbons (Fsp3) is 0.483. The van der Waals surface area contributed by atoms with Gasteiger partial charge in [-0.1, -0.05) is 57.4 Å². The lowest BCUT2D eigenvalue weighted by Gasteiger charge is -2.32. The molecule has 2 heterocycles. The Labute approximate surface area is 246 Å². The van der Waals surface area contributed by atoms with Crippen molar-refractivity contribution in [1.29, 1.82) is 0 Å². The summed E-state index contributed by atoms with van der Waals surface area (Å²) in [5.41, 5.74) is 0.725. The number of hydrogen-bond acceptors (Lipinski definition) is 9. The molecule has 0 bridgehead atoms. The molecule has 2 aromatic rings. The maximum Gasteiger partial charge on any atom is 0.414 e. The molecule has 0 saturated carbocycles. The van der Waals surface area contributed by atoms with Crippen molar-refractivity contribution in [2.75, 3.05) is 44.1 Å². The largest absolute Gasteiger partial charge is 0.480 e. The zero-order valence-electron chi connectivity index (χ0n) is 24.2. The van der Waals surface area contributed by atoms with Crippen LogP contribution in [0.4, 0.5) is 16.7 Å². The number of unbranched alkanes of at least 4 members (excludes halogenated alkanes) is 1. The molecule has 0 aliphatic carbocycles. The number of ether oxygens (including phenoxy) is 1. The first-order chi connectivity index (χ1) is 19.7. The zero-order valence-corrected chi connectivity index (χ0v) is 24.9. The number of carboxylic acid groups (broad SMARTS) is 1. The van der Waals surface area contributed by atoms with Gasteiger partial charge in [0.05, 0.1) is 6.67 Å². The third-order valence-electron chi connectivity index (χ3n) is 6.67. The molecule has 222 valence electrons. The summed E-state index contributed by atoms with van der Waals surface area (Å²) in [5.74, 6) is 0.215. The summed E-state index contributed by atoms with van der Waals surface area (Å²) in [6.07, 6.45) is 12.1. The Morgan fingerprint density at radius 3 is 2.51 bits per heavy atom. The summed E-state index contributed by atoms with van der Waals surface area (Å²) in [4.78, 5) is 42.7. The van der Waals surface area contributed by atoms with Crippen LogP contribution in [0.3, 0.4) is 0 Å². The Morgan fingerprint density at radius 2 is 1.90 bits per heavy atom. The second-order valence-corrected chi connectivity index (χ2v) is 10.5. The number of hydrogen-bond donors (Lipinski definition) is 2. The maximum atomic E-state index is 12.2. The van der Waals surface area contributed by atoms with E-state index in [4.69, 9.17) is 16.3 Å². The van der Waals surface area contributed by atoms with Gasteiger partial charge >= 0.3 is 12.1 Å². The van der Waals surface area contributed by atoms with E-state index in [0.29, 0.717) is 24.3 Å². The van der Waals surface area contributed by atoms with E-state index in [0.717, 1.165) is 44.3 Å². The molecule has 11 nitrogen and oxygen atoms in total. The van der Waals surface area contributed by atoms with E-state index < -0.39 is 18.1 Å². The number of amides is 1. The van der Waals surface area contributed by atoms with E-state index in [1.807, 2.05) is 18.4 Å². The lowest BCUT2D eigenvalue weighted by molar-refractivity contribution is -0.137. The van der Waals surface area contributed by atoms with Crippen molar-refractivity contribution >= 4 is 35.6 Å². The number of anilines is 2. The zero-order chi connectivity index (χ0) is 29.8. The number of aliphatic carboxylic acids is 1. The Bertz CT molecular complexity index is 1210. The van der Waals surface area contributed by atoms with E-state index in [-0.39, 0.29) is 17.7 Å². The average Bonchev–Trinajstić information content (AvgIpc) is 2.95. The molecule has 1 aromatic carbocycles. The Hall–Kier alpha value is -3.86. The number of carboxylic acids is 1. The lowest BCUT2D eigenvalue weighted by atomic mass is 9.99. The SMILES string of the molecule is CCCCC(CC)CN(CN1C=CC=CC1)c1nc(Cl)nc(N[C@@H](Cc2ccc(OC(=O)N(C)C)cc2)C(=O)O)n1. The number of allylic oxidation sites excluding steroid dienone is 2. The van der Waals surface area contributed by atoms with Crippen LogP contribution in [0.15, 0.2) is 48.7 Å². The van der Waals surface area contributed by atoms with E-state index in [9.17, 15) is 14.7 Å². The van der Waals surface area contributed by atoms with Gasteiger partial charge in [0.1, 0.15) is 11.8 Å². The second-order valence-electron chi connectivity index (χ2n) is 10.2. The molecule has 1 unspecified atom stereocenters. The highest BCUT2D eigenvalue weighted by Gasteiger charge is 2.23. The van der Waals surface area contributed by atoms with Gasteiger partial charge in [-0.05, 0) is 47.7 Å². The van der Waals surface area contributed by atoms with Crippen molar-refractivity contribution in [3.05, 3.63) is 59.5 Å². The molecule has 3 rings (SSSR count). The summed E-state index contributed by atoms with van der Waals surface area (Å²) in [7, 11) is 3.18. The molecule has 1 aliphatic rings. The molecule has 2 atom stereocenters. The number of halogens is 1. The van der Waals surface area contributed by atoms with Crippen LogP contribution in [-0.4, -0.2) is 81.8 Å². The van der Waals surface area contributed by atoms with Gasteiger partial charge in [-0.2, -0.15) is 15.0 Å².